The van der Waals surface area contributed by atoms with E-state index in [2.05, 4.69) is 17.2 Å². The zero-order valence-electron chi connectivity index (χ0n) is 15.0. The first-order chi connectivity index (χ1) is 12.0. The number of anilines is 1. The van der Waals surface area contributed by atoms with E-state index in [1.807, 2.05) is 67.5 Å². The summed E-state index contributed by atoms with van der Waals surface area (Å²) in [5.74, 6) is -1.23. The summed E-state index contributed by atoms with van der Waals surface area (Å²) in [6, 6.07) is 15.1. The smallest absolute Gasteiger partial charge is 0.310 e. The van der Waals surface area contributed by atoms with E-state index in [0.29, 0.717) is 12.1 Å². The first-order valence-corrected chi connectivity index (χ1v) is 8.53. The molecule has 132 valence electrons. The van der Waals surface area contributed by atoms with Gasteiger partial charge in [-0.1, -0.05) is 31.9 Å². The van der Waals surface area contributed by atoms with Crippen LogP contribution >= 0.6 is 0 Å². The Hall–Kier alpha value is -2.69. The Balaban J connectivity index is 2.07. The zero-order chi connectivity index (χ0) is 18.2. The highest BCUT2D eigenvalue weighted by Gasteiger charge is 2.18. The lowest BCUT2D eigenvalue weighted by molar-refractivity contribution is -0.139. The molecule has 0 heterocycles. The van der Waals surface area contributed by atoms with Gasteiger partial charge in [0.05, 0.1) is 17.3 Å². The summed E-state index contributed by atoms with van der Waals surface area (Å²) in [4.78, 5) is 13.5. The lowest BCUT2D eigenvalue weighted by Gasteiger charge is -2.12. The fourth-order valence-electron chi connectivity index (χ4n) is 2.55. The van der Waals surface area contributed by atoms with Gasteiger partial charge in [0.15, 0.2) is 0 Å². The van der Waals surface area contributed by atoms with E-state index in [9.17, 15) is 9.90 Å². The van der Waals surface area contributed by atoms with E-state index in [1.165, 1.54) is 0 Å². The number of carbonyl (C=O) groups is 1. The number of aliphatic carboxylic acids is 1. The van der Waals surface area contributed by atoms with Crippen molar-refractivity contribution in [2.24, 2.45) is 10.2 Å². The van der Waals surface area contributed by atoms with E-state index in [-0.39, 0.29) is 0 Å². The number of hydrogen-bond donors (Lipinski definition) is 1. The van der Waals surface area contributed by atoms with Crippen LogP contribution in [0.1, 0.15) is 37.7 Å². The first kappa shape index (κ1) is 18.6. The highest BCUT2D eigenvalue weighted by atomic mass is 16.4. The van der Waals surface area contributed by atoms with Crippen molar-refractivity contribution < 1.29 is 9.90 Å². The van der Waals surface area contributed by atoms with Crippen molar-refractivity contribution in [3.8, 4) is 0 Å². The van der Waals surface area contributed by atoms with Crippen LogP contribution in [0.25, 0.3) is 0 Å². The molecule has 0 aliphatic heterocycles. The number of unbranched alkanes of at least 4 members (excludes halogenated alkanes) is 1. The average molecular weight is 339 g/mol. The van der Waals surface area contributed by atoms with Crippen LogP contribution in [0.2, 0.25) is 0 Å². The van der Waals surface area contributed by atoms with E-state index in [1.54, 1.807) is 0 Å². The molecule has 2 aromatic carbocycles. The highest BCUT2D eigenvalue weighted by Crippen LogP contribution is 2.26. The summed E-state index contributed by atoms with van der Waals surface area (Å²) in [5.41, 5.74) is 3.41. The van der Waals surface area contributed by atoms with Gasteiger partial charge in [-0.2, -0.15) is 10.2 Å². The lowest BCUT2D eigenvalue weighted by atomic mass is 9.93. The molecule has 0 aliphatic carbocycles. The molecule has 5 nitrogen and oxygen atoms in total. The number of carboxylic acid groups (broad SMARTS) is 1. The summed E-state index contributed by atoms with van der Waals surface area (Å²) in [7, 11) is 3.98. The van der Waals surface area contributed by atoms with Crippen LogP contribution in [-0.4, -0.2) is 25.2 Å². The molecule has 0 radical (unpaired) electrons. The molecule has 2 aromatic rings. The molecule has 0 aromatic heterocycles. The fraction of sp³-hybridized carbons (Fsp3) is 0.350. The summed E-state index contributed by atoms with van der Waals surface area (Å²) in [6.45, 7) is 2.06. The Morgan fingerprint density at radius 3 is 1.96 bits per heavy atom. The van der Waals surface area contributed by atoms with Gasteiger partial charge in [-0.3, -0.25) is 4.79 Å². The van der Waals surface area contributed by atoms with Crippen LogP contribution in [0.15, 0.2) is 58.8 Å². The maximum absolute atomic E-state index is 11.4. The minimum Gasteiger partial charge on any atom is -0.481 e. The van der Waals surface area contributed by atoms with Gasteiger partial charge in [0, 0.05) is 19.8 Å². The minimum absolute atomic E-state index is 0.454. The molecule has 0 saturated heterocycles. The molecule has 1 atom stereocenters. The second kappa shape index (κ2) is 8.97. The number of benzene rings is 2. The molecule has 2 rings (SSSR count). The maximum atomic E-state index is 11.4. The average Bonchev–Trinajstić information content (AvgIpc) is 2.61. The lowest BCUT2D eigenvalue weighted by Crippen LogP contribution is -2.11. The van der Waals surface area contributed by atoms with Gasteiger partial charge in [0.1, 0.15) is 0 Å². The van der Waals surface area contributed by atoms with Gasteiger partial charge in [-0.25, -0.2) is 0 Å². The summed E-state index contributed by atoms with van der Waals surface area (Å²) in [6.07, 6.45) is 2.55. The van der Waals surface area contributed by atoms with Crippen molar-refractivity contribution in [2.75, 3.05) is 19.0 Å². The monoisotopic (exact) mass is 339 g/mol. The highest BCUT2D eigenvalue weighted by molar-refractivity contribution is 5.76. The van der Waals surface area contributed by atoms with Gasteiger partial charge in [0.2, 0.25) is 0 Å². The summed E-state index contributed by atoms with van der Waals surface area (Å²) >= 11 is 0. The molecule has 1 unspecified atom stereocenters. The third-order valence-electron chi connectivity index (χ3n) is 4.09. The summed E-state index contributed by atoms with van der Waals surface area (Å²) < 4.78 is 0. The minimum atomic E-state index is -0.774. The topological polar surface area (TPSA) is 65.3 Å². The quantitative estimate of drug-likeness (QED) is 0.643. The molecular formula is C20H25N3O2. The predicted octanol–water partition coefficient (Wildman–Crippen LogP) is 5.53. The molecule has 0 spiro atoms. The molecule has 0 aliphatic rings. The molecule has 5 heteroatoms. The van der Waals surface area contributed by atoms with E-state index in [4.69, 9.17) is 0 Å². The van der Waals surface area contributed by atoms with Gasteiger partial charge >= 0.3 is 5.97 Å². The Kier molecular flexibility index (Phi) is 6.69. The zero-order valence-corrected chi connectivity index (χ0v) is 15.0. The van der Waals surface area contributed by atoms with Crippen molar-refractivity contribution in [3.63, 3.8) is 0 Å². The van der Waals surface area contributed by atoms with E-state index < -0.39 is 11.9 Å². The van der Waals surface area contributed by atoms with Crippen LogP contribution in [0.5, 0.6) is 0 Å². The second-order valence-corrected chi connectivity index (χ2v) is 6.24. The maximum Gasteiger partial charge on any atom is 0.310 e. The van der Waals surface area contributed by atoms with E-state index in [0.717, 1.165) is 29.8 Å². The molecule has 0 fully saturated rings. The number of nitrogens with zero attached hydrogens (tertiary/aromatic N) is 3. The molecule has 1 N–H and O–H groups in total. The van der Waals surface area contributed by atoms with Gasteiger partial charge in [-0.15, -0.1) is 0 Å². The first-order valence-electron chi connectivity index (χ1n) is 8.53. The Bertz CT molecular complexity index is 707. The third-order valence-corrected chi connectivity index (χ3v) is 4.09. The Morgan fingerprint density at radius 1 is 1.00 bits per heavy atom. The normalized spacial score (nSPS) is 12.3. The van der Waals surface area contributed by atoms with Crippen molar-refractivity contribution in [2.45, 2.75) is 32.1 Å². The van der Waals surface area contributed by atoms with Crippen molar-refractivity contribution in [3.05, 3.63) is 54.1 Å². The SMILES string of the molecule is CCCCC(C(=O)O)c1ccc(N=Nc2ccc(N(C)C)cc2)cc1. The predicted molar refractivity (Wildman–Crippen MR) is 101 cm³/mol. The van der Waals surface area contributed by atoms with Crippen LogP contribution in [0, 0.1) is 0 Å². The standard InChI is InChI=1S/C20H25N3O2/c1-4-5-6-19(20(24)25)15-7-9-16(10-8-15)21-22-17-11-13-18(14-12-17)23(2)3/h7-14,19H,4-6H2,1-3H3,(H,24,25). The van der Waals surface area contributed by atoms with Crippen molar-refractivity contribution in [1.29, 1.82) is 0 Å². The molecule has 25 heavy (non-hydrogen) atoms. The number of rotatable bonds is 8. The van der Waals surface area contributed by atoms with Gasteiger partial charge < -0.3 is 10.0 Å². The third kappa shape index (κ3) is 5.41. The van der Waals surface area contributed by atoms with Crippen molar-refractivity contribution >= 4 is 23.0 Å². The van der Waals surface area contributed by atoms with Crippen LogP contribution < -0.4 is 4.90 Å². The Morgan fingerprint density at radius 2 is 1.52 bits per heavy atom. The molecule has 0 saturated carbocycles. The molecule has 0 bridgehead atoms. The molecular weight excluding hydrogens is 314 g/mol. The van der Waals surface area contributed by atoms with Crippen molar-refractivity contribution in [1.82, 2.24) is 0 Å². The van der Waals surface area contributed by atoms with Gasteiger partial charge in [0.25, 0.3) is 0 Å². The number of azo groups is 1. The van der Waals surface area contributed by atoms with Crippen LogP contribution in [0.3, 0.4) is 0 Å². The van der Waals surface area contributed by atoms with Crippen LogP contribution in [-0.2, 0) is 4.79 Å². The molecule has 0 amide bonds. The van der Waals surface area contributed by atoms with Gasteiger partial charge in [-0.05, 0) is 48.4 Å². The van der Waals surface area contributed by atoms with E-state index >= 15 is 0 Å². The number of carboxylic acids is 1. The Labute approximate surface area is 149 Å². The largest absolute Gasteiger partial charge is 0.481 e. The van der Waals surface area contributed by atoms with Crippen LogP contribution in [0.4, 0.5) is 17.1 Å². The second-order valence-electron chi connectivity index (χ2n) is 6.24. The fourth-order valence-corrected chi connectivity index (χ4v) is 2.55. The number of hydrogen-bond acceptors (Lipinski definition) is 4. The summed E-state index contributed by atoms with van der Waals surface area (Å²) in [5, 5.41) is 17.8.